The maximum absolute atomic E-state index is 12.0. The fourth-order valence-electron chi connectivity index (χ4n) is 6.71. The van der Waals surface area contributed by atoms with E-state index in [0.29, 0.717) is 30.8 Å². The number of ether oxygens (including phenoxy) is 2. The minimum Gasteiger partial charge on any atom is -0.382 e. The quantitative estimate of drug-likeness (QED) is 0.618. The van der Waals surface area contributed by atoms with Crippen molar-refractivity contribution >= 4 is 5.78 Å². The zero-order valence-electron chi connectivity index (χ0n) is 17.6. The molecule has 0 aliphatic heterocycles. The summed E-state index contributed by atoms with van der Waals surface area (Å²) in [5, 5.41) is 0. The molecular formula is C24H36O3. The van der Waals surface area contributed by atoms with Gasteiger partial charge >= 0.3 is 0 Å². The van der Waals surface area contributed by atoms with Crippen LogP contribution in [0.4, 0.5) is 0 Å². The van der Waals surface area contributed by atoms with Gasteiger partial charge in [-0.2, -0.15) is 0 Å². The Labute approximate surface area is 164 Å². The number of fused-ring (bicyclic) bond motifs is 5. The highest BCUT2D eigenvalue weighted by Crippen LogP contribution is 2.63. The fourth-order valence-corrected chi connectivity index (χ4v) is 6.71. The van der Waals surface area contributed by atoms with E-state index in [-0.39, 0.29) is 16.9 Å². The van der Waals surface area contributed by atoms with E-state index < -0.39 is 0 Å². The molecule has 3 heteroatoms. The molecule has 0 radical (unpaired) electrons. The van der Waals surface area contributed by atoms with Crippen molar-refractivity contribution in [2.45, 2.75) is 84.3 Å². The van der Waals surface area contributed by atoms with E-state index in [1.165, 1.54) is 24.8 Å². The highest BCUT2D eigenvalue weighted by atomic mass is 16.5. The van der Waals surface area contributed by atoms with E-state index in [0.717, 1.165) is 31.6 Å². The summed E-state index contributed by atoms with van der Waals surface area (Å²) < 4.78 is 12.0. The highest BCUT2D eigenvalue weighted by molar-refractivity contribution is 5.92. The third kappa shape index (κ3) is 3.06. The van der Waals surface area contributed by atoms with Gasteiger partial charge in [0.2, 0.25) is 0 Å². The molecule has 150 valence electrons. The lowest BCUT2D eigenvalue weighted by molar-refractivity contribution is -0.115. The lowest BCUT2D eigenvalue weighted by Crippen LogP contribution is -2.46. The summed E-state index contributed by atoms with van der Waals surface area (Å²) in [6.45, 7) is 7.76. The Morgan fingerprint density at radius 3 is 2.78 bits per heavy atom. The van der Waals surface area contributed by atoms with Gasteiger partial charge in [-0.25, -0.2) is 0 Å². The number of allylic oxidation sites excluding steroid dienone is 4. The average molecular weight is 373 g/mol. The summed E-state index contributed by atoms with van der Waals surface area (Å²) in [6.07, 6.45) is 13.7. The lowest BCUT2D eigenvalue weighted by Gasteiger charge is -2.53. The highest BCUT2D eigenvalue weighted by Gasteiger charge is 2.56. The van der Waals surface area contributed by atoms with Crippen LogP contribution >= 0.6 is 0 Å². The van der Waals surface area contributed by atoms with E-state index in [2.05, 4.69) is 26.8 Å². The fraction of sp³-hybridized carbons (Fsp3) is 0.792. The molecular weight excluding hydrogens is 336 g/mol. The van der Waals surface area contributed by atoms with Crippen LogP contribution in [0.25, 0.3) is 0 Å². The van der Waals surface area contributed by atoms with Crippen molar-refractivity contribution in [2.75, 3.05) is 13.7 Å². The monoisotopic (exact) mass is 372 g/mol. The molecule has 27 heavy (non-hydrogen) atoms. The van der Waals surface area contributed by atoms with Crippen LogP contribution in [0.15, 0.2) is 23.3 Å². The van der Waals surface area contributed by atoms with Crippen LogP contribution in [0.1, 0.15) is 72.1 Å². The molecule has 0 heterocycles. The Kier molecular flexibility index (Phi) is 5.13. The average Bonchev–Trinajstić information content (AvgIpc) is 2.98. The predicted octanol–water partition coefficient (Wildman–Crippen LogP) is 5.25. The SMILES string of the molecule is CCC(COC)OC1CCC2C3CCC4=CC(=O)CCC4(C)C3=CCC12C. The molecule has 4 aliphatic carbocycles. The van der Waals surface area contributed by atoms with Crippen LogP contribution in [-0.2, 0) is 14.3 Å². The van der Waals surface area contributed by atoms with Gasteiger partial charge in [0.05, 0.1) is 18.8 Å². The van der Waals surface area contributed by atoms with E-state index in [9.17, 15) is 4.79 Å². The van der Waals surface area contributed by atoms with Gasteiger partial charge in [-0.3, -0.25) is 4.79 Å². The van der Waals surface area contributed by atoms with Gasteiger partial charge in [0, 0.05) is 24.4 Å². The Hall–Kier alpha value is -0.930. The van der Waals surface area contributed by atoms with Gasteiger partial charge in [-0.15, -0.1) is 0 Å². The van der Waals surface area contributed by atoms with Crippen molar-refractivity contribution in [3.05, 3.63) is 23.3 Å². The van der Waals surface area contributed by atoms with E-state index in [4.69, 9.17) is 9.47 Å². The number of carbonyl (C=O) groups is 1. The molecule has 0 N–H and O–H groups in total. The van der Waals surface area contributed by atoms with Crippen LogP contribution < -0.4 is 0 Å². The van der Waals surface area contributed by atoms with Crippen molar-refractivity contribution in [3.63, 3.8) is 0 Å². The number of hydrogen-bond acceptors (Lipinski definition) is 3. The largest absolute Gasteiger partial charge is 0.382 e. The summed E-state index contributed by atoms with van der Waals surface area (Å²) in [7, 11) is 1.77. The summed E-state index contributed by atoms with van der Waals surface area (Å²) in [5.74, 6) is 1.73. The predicted molar refractivity (Wildman–Crippen MR) is 108 cm³/mol. The minimum atomic E-state index is 0.138. The van der Waals surface area contributed by atoms with Crippen LogP contribution in [0.5, 0.6) is 0 Å². The maximum Gasteiger partial charge on any atom is 0.155 e. The van der Waals surface area contributed by atoms with Crippen molar-refractivity contribution in [3.8, 4) is 0 Å². The second-order valence-corrected chi connectivity index (χ2v) is 9.78. The number of carbonyl (C=O) groups excluding carboxylic acids is 1. The van der Waals surface area contributed by atoms with E-state index >= 15 is 0 Å². The molecule has 0 aromatic heterocycles. The zero-order chi connectivity index (χ0) is 19.2. The number of hydrogen-bond donors (Lipinski definition) is 0. The number of rotatable bonds is 5. The summed E-state index contributed by atoms with van der Waals surface area (Å²) in [6, 6.07) is 0. The van der Waals surface area contributed by atoms with Gasteiger partial charge in [0.15, 0.2) is 5.78 Å². The van der Waals surface area contributed by atoms with Crippen molar-refractivity contribution in [2.24, 2.45) is 22.7 Å². The third-order valence-electron chi connectivity index (χ3n) is 8.41. The van der Waals surface area contributed by atoms with Gasteiger partial charge in [-0.1, -0.05) is 38.0 Å². The molecule has 6 atom stereocenters. The van der Waals surface area contributed by atoms with Crippen LogP contribution in [0.3, 0.4) is 0 Å². The Balaban J connectivity index is 1.59. The molecule has 0 aromatic carbocycles. The number of ketones is 1. The minimum absolute atomic E-state index is 0.138. The van der Waals surface area contributed by atoms with E-state index in [1.807, 2.05) is 6.08 Å². The van der Waals surface area contributed by atoms with Gasteiger partial charge in [0.25, 0.3) is 0 Å². The van der Waals surface area contributed by atoms with Gasteiger partial charge in [0.1, 0.15) is 0 Å². The molecule has 6 unspecified atom stereocenters. The molecule has 0 spiro atoms. The second kappa shape index (κ2) is 7.15. The zero-order valence-corrected chi connectivity index (χ0v) is 17.6. The molecule has 4 aliphatic rings. The standard InChI is InChI=1S/C24H36O3/c1-5-18(15-26-4)27-22-9-8-20-19-7-6-16-14-17(25)10-12-23(16,2)21(19)11-13-24(20,22)3/h11,14,18-20,22H,5-10,12-13,15H2,1-4H3. The summed E-state index contributed by atoms with van der Waals surface area (Å²) in [4.78, 5) is 12.0. The van der Waals surface area contributed by atoms with Crippen LogP contribution in [-0.4, -0.2) is 31.7 Å². The van der Waals surface area contributed by atoms with Gasteiger partial charge < -0.3 is 9.47 Å². The van der Waals surface area contributed by atoms with Gasteiger partial charge in [-0.05, 0) is 62.9 Å². The molecule has 2 saturated carbocycles. The first kappa shape index (κ1) is 19.4. The Bertz CT molecular complexity index is 663. The molecule has 0 aromatic rings. The molecule has 0 amide bonds. The van der Waals surface area contributed by atoms with Crippen LogP contribution in [0, 0.1) is 22.7 Å². The normalized spacial score (nSPS) is 41.9. The first-order valence-corrected chi connectivity index (χ1v) is 11.0. The first-order valence-electron chi connectivity index (χ1n) is 11.0. The Morgan fingerprint density at radius 2 is 2.04 bits per heavy atom. The van der Waals surface area contributed by atoms with Crippen molar-refractivity contribution < 1.29 is 14.3 Å². The first-order chi connectivity index (χ1) is 12.9. The lowest BCUT2D eigenvalue weighted by atomic mass is 9.52. The molecule has 2 fully saturated rings. The molecule has 0 saturated heterocycles. The summed E-state index contributed by atoms with van der Waals surface area (Å²) in [5.41, 5.74) is 3.44. The maximum atomic E-state index is 12.0. The number of methoxy groups -OCH3 is 1. The van der Waals surface area contributed by atoms with Crippen molar-refractivity contribution in [1.82, 2.24) is 0 Å². The Morgan fingerprint density at radius 1 is 1.22 bits per heavy atom. The molecule has 3 nitrogen and oxygen atoms in total. The van der Waals surface area contributed by atoms with Crippen LogP contribution in [0.2, 0.25) is 0 Å². The van der Waals surface area contributed by atoms with Crippen molar-refractivity contribution in [1.29, 1.82) is 0 Å². The smallest absolute Gasteiger partial charge is 0.155 e. The topological polar surface area (TPSA) is 35.5 Å². The molecule has 0 bridgehead atoms. The second-order valence-electron chi connectivity index (χ2n) is 9.78. The van der Waals surface area contributed by atoms with E-state index in [1.54, 1.807) is 12.7 Å². The summed E-state index contributed by atoms with van der Waals surface area (Å²) >= 11 is 0. The molecule has 4 rings (SSSR count). The third-order valence-corrected chi connectivity index (χ3v) is 8.41.